The van der Waals surface area contributed by atoms with Gasteiger partial charge in [-0.1, -0.05) is 25.1 Å². The number of aliphatic hydroxyl groups excluding tert-OH is 1. The van der Waals surface area contributed by atoms with Crippen molar-refractivity contribution in [1.29, 1.82) is 0 Å². The van der Waals surface area contributed by atoms with Gasteiger partial charge < -0.3 is 10.0 Å². The number of likely N-dealkylation sites (tertiary alicyclic amines) is 1. The van der Waals surface area contributed by atoms with Gasteiger partial charge >= 0.3 is 0 Å². The number of benzene rings is 1. The van der Waals surface area contributed by atoms with Gasteiger partial charge in [0.2, 0.25) is 0 Å². The number of aliphatic hydroxyl groups is 1. The molecule has 1 fully saturated rings. The molecular weight excluding hydrogens is 266 g/mol. The Kier molecular flexibility index (Phi) is 3.68. The van der Waals surface area contributed by atoms with E-state index in [9.17, 15) is 9.90 Å². The Balaban J connectivity index is 1.91. The number of amides is 1. The van der Waals surface area contributed by atoms with Crippen molar-refractivity contribution in [2.45, 2.75) is 25.9 Å². The van der Waals surface area contributed by atoms with E-state index in [0.29, 0.717) is 25.2 Å². The summed E-state index contributed by atoms with van der Waals surface area (Å²) in [5.74, 6) is 0.134. The fourth-order valence-electron chi connectivity index (χ4n) is 3.13. The van der Waals surface area contributed by atoms with E-state index in [1.165, 1.54) is 0 Å². The third-order valence-corrected chi connectivity index (χ3v) is 4.47. The largest absolute Gasteiger partial charge is 0.393 e. The Labute approximate surface area is 124 Å². The van der Waals surface area contributed by atoms with Crippen molar-refractivity contribution < 1.29 is 9.90 Å². The number of hydrogen-bond donors (Lipinski definition) is 1. The van der Waals surface area contributed by atoms with E-state index in [1.807, 2.05) is 36.2 Å². The fraction of sp³-hybridized carbons (Fsp3) is 0.500. The number of carbonyl (C=O) groups excluding carboxylic acids is 1. The van der Waals surface area contributed by atoms with Crippen molar-refractivity contribution in [3.63, 3.8) is 0 Å². The van der Waals surface area contributed by atoms with Crippen LogP contribution in [0, 0.1) is 5.92 Å². The average molecular weight is 287 g/mol. The Bertz CT molecular complexity index is 665. The van der Waals surface area contributed by atoms with Crippen LogP contribution in [0.25, 0.3) is 10.9 Å². The van der Waals surface area contributed by atoms with Gasteiger partial charge in [0.1, 0.15) is 0 Å². The quantitative estimate of drug-likeness (QED) is 0.916. The molecule has 0 aliphatic carbocycles. The number of aryl methyl sites for hydroxylation is 1. The second-order valence-corrected chi connectivity index (χ2v) is 5.76. The maximum absolute atomic E-state index is 12.8. The number of aromatic nitrogens is 2. The van der Waals surface area contributed by atoms with Gasteiger partial charge in [-0.15, -0.1) is 0 Å². The highest BCUT2D eigenvalue weighted by molar-refractivity contribution is 6.04. The number of carbonyl (C=O) groups is 1. The molecule has 3 rings (SSSR count). The lowest BCUT2D eigenvalue weighted by Gasteiger charge is -2.35. The molecule has 1 aromatic carbocycles. The molecule has 1 amide bonds. The van der Waals surface area contributed by atoms with Gasteiger partial charge in [0.25, 0.3) is 5.91 Å². The summed E-state index contributed by atoms with van der Waals surface area (Å²) in [6.45, 7) is 3.26. The molecule has 0 bridgehead atoms. The Morgan fingerprint density at radius 3 is 2.95 bits per heavy atom. The Hall–Kier alpha value is -1.88. The second-order valence-electron chi connectivity index (χ2n) is 5.76. The number of para-hydroxylation sites is 1. The summed E-state index contributed by atoms with van der Waals surface area (Å²) in [5.41, 5.74) is 1.48. The van der Waals surface area contributed by atoms with E-state index in [2.05, 4.69) is 12.0 Å². The smallest absolute Gasteiger partial charge is 0.275 e. The predicted molar refractivity (Wildman–Crippen MR) is 81.0 cm³/mol. The van der Waals surface area contributed by atoms with E-state index < -0.39 is 0 Å². The molecule has 2 aromatic rings. The van der Waals surface area contributed by atoms with Crippen LogP contribution < -0.4 is 0 Å². The van der Waals surface area contributed by atoms with Crippen molar-refractivity contribution in [3.05, 3.63) is 30.0 Å². The van der Waals surface area contributed by atoms with Crippen molar-refractivity contribution >= 4 is 16.8 Å². The Morgan fingerprint density at radius 1 is 1.43 bits per heavy atom. The molecule has 2 unspecified atom stereocenters. The summed E-state index contributed by atoms with van der Waals surface area (Å²) in [6, 6.07) is 7.78. The third kappa shape index (κ3) is 2.42. The molecule has 0 saturated carbocycles. The minimum absolute atomic E-state index is 0.0304. The minimum Gasteiger partial charge on any atom is -0.393 e. The van der Waals surface area contributed by atoms with Crippen LogP contribution in [-0.4, -0.2) is 44.9 Å². The maximum Gasteiger partial charge on any atom is 0.275 e. The molecule has 5 heteroatoms. The molecule has 1 N–H and O–H groups in total. The van der Waals surface area contributed by atoms with E-state index >= 15 is 0 Å². The van der Waals surface area contributed by atoms with Crippen molar-refractivity contribution in [3.8, 4) is 0 Å². The van der Waals surface area contributed by atoms with Gasteiger partial charge in [0.05, 0.1) is 11.6 Å². The zero-order chi connectivity index (χ0) is 15.0. The summed E-state index contributed by atoms with van der Waals surface area (Å²) in [6.07, 6.45) is 1.24. The SMILES string of the molecule is CCC1CN(C(=O)c2nn(C)c3ccccc23)CCC1O. The van der Waals surface area contributed by atoms with E-state index in [1.54, 1.807) is 4.68 Å². The zero-order valence-electron chi connectivity index (χ0n) is 12.5. The summed E-state index contributed by atoms with van der Waals surface area (Å²) < 4.78 is 1.75. The Morgan fingerprint density at radius 2 is 2.19 bits per heavy atom. The number of hydrogen-bond acceptors (Lipinski definition) is 3. The fourth-order valence-corrected chi connectivity index (χ4v) is 3.13. The third-order valence-electron chi connectivity index (χ3n) is 4.47. The lowest BCUT2D eigenvalue weighted by molar-refractivity contribution is 0.0226. The van der Waals surface area contributed by atoms with Gasteiger partial charge in [0, 0.05) is 31.4 Å². The van der Waals surface area contributed by atoms with Crippen LogP contribution in [0.1, 0.15) is 30.3 Å². The first-order chi connectivity index (χ1) is 10.1. The van der Waals surface area contributed by atoms with Gasteiger partial charge in [-0.05, 0) is 18.9 Å². The van der Waals surface area contributed by atoms with Crippen LogP contribution in [0.2, 0.25) is 0 Å². The van der Waals surface area contributed by atoms with Crippen molar-refractivity contribution in [2.24, 2.45) is 13.0 Å². The summed E-state index contributed by atoms with van der Waals surface area (Å²) in [7, 11) is 1.86. The summed E-state index contributed by atoms with van der Waals surface area (Å²) in [5, 5.41) is 15.2. The molecule has 1 aromatic heterocycles. The van der Waals surface area contributed by atoms with E-state index in [0.717, 1.165) is 17.3 Å². The highest BCUT2D eigenvalue weighted by Gasteiger charge is 2.31. The molecule has 1 saturated heterocycles. The van der Waals surface area contributed by atoms with Crippen LogP contribution >= 0.6 is 0 Å². The summed E-state index contributed by atoms with van der Waals surface area (Å²) in [4.78, 5) is 14.6. The minimum atomic E-state index is -0.292. The highest BCUT2D eigenvalue weighted by Crippen LogP contribution is 2.24. The van der Waals surface area contributed by atoms with Crippen LogP contribution in [0.3, 0.4) is 0 Å². The molecule has 1 aliphatic rings. The molecule has 0 spiro atoms. The molecule has 5 nitrogen and oxygen atoms in total. The van der Waals surface area contributed by atoms with Gasteiger partial charge in [-0.2, -0.15) is 5.10 Å². The molecule has 112 valence electrons. The molecule has 2 atom stereocenters. The van der Waals surface area contributed by atoms with E-state index in [4.69, 9.17) is 0 Å². The van der Waals surface area contributed by atoms with Crippen LogP contribution in [0.5, 0.6) is 0 Å². The maximum atomic E-state index is 12.8. The van der Waals surface area contributed by atoms with Crippen LogP contribution in [-0.2, 0) is 7.05 Å². The molecule has 2 heterocycles. The number of piperidine rings is 1. The van der Waals surface area contributed by atoms with Crippen molar-refractivity contribution in [2.75, 3.05) is 13.1 Å². The lowest BCUT2D eigenvalue weighted by Crippen LogP contribution is -2.46. The van der Waals surface area contributed by atoms with Crippen molar-refractivity contribution in [1.82, 2.24) is 14.7 Å². The second kappa shape index (κ2) is 5.48. The highest BCUT2D eigenvalue weighted by atomic mass is 16.3. The van der Waals surface area contributed by atoms with Crippen LogP contribution in [0.15, 0.2) is 24.3 Å². The molecular formula is C16H21N3O2. The lowest BCUT2D eigenvalue weighted by atomic mass is 9.92. The first kappa shape index (κ1) is 14.1. The monoisotopic (exact) mass is 287 g/mol. The van der Waals surface area contributed by atoms with E-state index in [-0.39, 0.29) is 17.9 Å². The van der Waals surface area contributed by atoms with Gasteiger partial charge in [-0.25, -0.2) is 0 Å². The molecule has 0 radical (unpaired) electrons. The zero-order valence-corrected chi connectivity index (χ0v) is 12.5. The normalized spacial score (nSPS) is 22.7. The number of rotatable bonds is 2. The number of nitrogens with zero attached hydrogens (tertiary/aromatic N) is 3. The van der Waals surface area contributed by atoms with Gasteiger partial charge in [-0.3, -0.25) is 9.48 Å². The average Bonchev–Trinajstić information content (AvgIpc) is 2.85. The topological polar surface area (TPSA) is 58.4 Å². The first-order valence-electron chi connectivity index (χ1n) is 7.51. The van der Waals surface area contributed by atoms with Crippen LogP contribution in [0.4, 0.5) is 0 Å². The molecule has 21 heavy (non-hydrogen) atoms. The summed E-state index contributed by atoms with van der Waals surface area (Å²) >= 11 is 0. The standard InChI is InChI=1S/C16H21N3O2/c1-3-11-10-19(9-8-14(11)20)16(21)15-12-6-4-5-7-13(12)18(2)17-15/h4-7,11,14,20H,3,8-10H2,1-2H3. The number of fused-ring (bicyclic) bond motifs is 1. The first-order valence-corrected chi connectivity index (χ1v) is 7.51. The predicted octanol–water partition coefficient (Wildman–Crippen LogP) is 1.81. The van der Waals surface area contributed by atoms with Gasteiger partial charge in [0.15, 0.2) is 5.69 Å². The molecule has 1 aliphatic heterocycles.